The number of aryl methyl sites for hydroxylation is 1. The highest BCUT2D eigenvalue weighted by atomic mass is 15.4. The van der Waals surface area contributed by atoms with E-state index in [9.17, 15) is 0 Å². The minimum atomic E-state index is -0.278. The fourth-order valence-electron chi connectivity index (χ4n) is 2.26. The number of nitrogens with two attached hydrogens (primary N) is 1. The van der Waals surface area contributed by atoms with Gasteiger partial charge in [-0.1, -0.05) is 29.5 Å². The molecule has 3 rings (SSSR count). The van der Waals surface area contributed by atoms with Crippen molar-refractivity contribution < 1.29 is 0 Å². The summed E-state index contributed by atoms with van der Waals surface area (Å²) in [6.45, 7) is 1.95. The second kappa shape index (κ2) is 5.82. The molecule has 0 spiro atoms. The molecule has 1 unspecified atom stereocenters. The maximum Gasteiger partial charge on any atom is 0.107 e. The van der Waals surface area contributed by atoms with Gasteiger partial charge in [0.2, 0.25) is 0 Å². The summed E-state index contributed by atoms with van der Waals surface area (Å²) in [4.78, 5) is 4.52. The van der Waals surface area contributed by atoms with Crippen LogP contribution in [0, 0.1) is 6.92 Å². The smallest absolute Gasteiger partial charge is 0.107 e. The summed E-state index contributed by atoms with van der Waals surface area (Å²) in [7, 11) is 0. The molecule has 6 nitrogen and oxygen atoms in total. The number of benzene rings is 1. The van der Waals surface area contributed by atoms with Crippen molar-refractivity contribution in [1.29, 1.82) is 0 Å². The highest BCUT2D eigenvalue weighted by molar-refractivity contribution is 5.34. The van der Waals surface area contributed by atoms with Gasteiger partial charge in [-0.2, -0.15) is 0 Å². The lowest BCUT2D eigenvalue weighted by Crippen LogP contribution is -2.31. The molecule has 21 heavy (non-hydrogen) atoms. The molecule has 0 fully saturated rings. The summed E-state index contributed by atoms with van der Waals surface area (Å²) in [5, 5.41) is 8.15. The summed E-state index contributed by atoms with van der Waals surface area (Å²) in [5.74, 6) is 5.73. The van der Waals surface area contributed by atoms with Crippen molar-refractivity contribution in [1.82, 2.24) is 25.4 Å². The molecule has 0 amide bonds. The van der Waals surface area contributed by atoms with Gasteiger partial charge in [0.15, 0.2) is 0 Å². The van der Waals surface area contributed by atoms with Gasteiger partial charge in [-0.3, -0.25) is 10.8 Å². The van der Waals surface area contributed by atoms with Crippen LogP contribution in [0.15, 0.2) is 54.7 Å². The quantitative estimate of drug-likeness (QED) is 0.559. The van der Waals surface area contributed by atoms with E-state index in [1.807, 2.05) is 55.5 Å². The van der Waals surface area contributed by atoms with Gasteiger partial charge in [0, 0.05) is 5.69 Å². The molecule has 106 valence electrons. The molecular formula is C15H16N6. The molecular weight excluding hydrogens is 264 g/mol. The Morgan fingerprint density at radius 2 is 1.90 bits per heavy atom. The molecule has 0 radical (unpaired) electrons. The third kappa shape index (κ3) is 2.67. The van der Waals surface area contributed by atoms with Crippen molar-refractivity contribution in [2.24, 2.45) is 5.84 Å². The molecule has 1 aromatic carbocycles. The number of hydrazine groups is 1. The Balaban J connectivity index is 2.05. The third-order valence-corrected chi connectivity index (χ3v) is 3.24. The zero-order valence-corrected chi connectivity index (χ0v) is 11.6. The molecule has 0 saturated heterocycles. The number of rotatable bonds is 4. The van der Waals surface area contributed by atoms with Crippen LogP contribution in [0.4, 0.5) is 0 Å². The molecule has 2 heterocycles. The molecule has 3 aromatic rings. The monoisotopic (exact) mass is 280 g/mol. The van der Waals surface area contributed by atoms with E-state index in [1.54, 1.807) is 10.9 Å². The number of pyridine rings is 1. The van der Waals surface area contributed by atoms with Crippen molar-refractivity contribution in [3.63, 3.8) is 0 Å². The molecule has 6 heteroatoms. The Morgan fingerprint density at radius 1 is 1.10 bits per heavy atom. The average Bonchev–Trinajstić information content (AvgIpc) is 2.98. The SMILES string of the molecule is Cc1cccc(C(NN)c2cnnn2-c2ccccc2)n1. The third-order valence-electron chi connectivity index (χ3n) is 3.24. The standard InChI is InChI=1S/C15H16N6/c1-11-6-5-9-13(18-11)15(19-16)14-10-17-20-21(14)12-7-3-2-4-8-12/h2-10,15,19H,16H2,1H3. The van der Waals surface area contributed by atoms with Crippen LogP contribution in [-0.4, -0.2) is 20.0 Å². The number of nitrogens with zero attached hydrogens (tertiary/aromatic N) is 4. The lowest BCUT2D eigenvalue weighted by Gasteiger charge is -2.16. The van der Waals surface area contributed by atoms with E-state index in [4.69, 9.17) is 5.84 Å². The van der Waals surface area contributed by atoms with Crippen molar-refractivity contribution in [3.05, 3.63) is 71.8 Å². The second-order valence-corrected chi connectivity index (χ2v) is 4.71. The van der Waals surface area contributed by atoms with Crippen LogP contribution in [0.2, 0.25) is 0 Å². The first-order valence-electron chi connectivity index (χ1n) is 6.65. The summed E-state index contributed by atoms with van der Waals surface area (Å²) in [6, 6.07) is 15.4. The molecule has 0 aliphatic heterocycles. The van der Waals surface area contributed by atoms with E-state index in [2.05, 4.69) is 20.7 Å². The van der Waals surface area contributed by atoms with Gasteiger partial charge in [-0.25, -0.2) is 10.1 Å². The zero-order valence-electron chi connectivity index (χ0n) is 11.6. The van der Waals surface area contributed by atoms with E-state index >= 15 is 0 Å². The van der Waals surface area contributed by atoms with Crippen molar-refractivity contribution in [2.45, 2.75) is 13.0 Å². The van der Waals surface area contributed by atoms with Gasteiger partial charge < -0.3 is 0 Å². The molecule has 1 atom stereocenters. The Bertz CT molecular complexity index is 722. The summed E-state index contributed by atoms with van der Waals surface area (Å²) in [6.07, 6.45) is 1.70. The predicted octanol–water partition coefficient (Wildman–Crippen LogP) is 1.52. The molecule has 0 aliphatic carbocycles. The fraction of sp³-hybridized carbons (Fsp3) is 0.133. The number of aromatic nitrogens is 4. The molecule has 0 saturated carbocycles. The van der Waals surface area contributed by atoms with Gasteiger partial charge in [0.1, 0.15) is 6.04 Å². The molecule has 3 N–H and O–H groups in total. The Hall–Kier alpha value is -2.57. The van der Waals surface area contributed by atoms with Crippen LogP contribution < -0.4 is 11.3 Å². The first kappa shape index (κ1) is 13.4. The highest BCUT2D eigenvalue weighted by Gasteiger charge is 2.20. The first-order valence-corrected chi connectivity index (χ1v) is 6.65. The van der Waals surface area contributed by atoms with E-state index in [0.717, 1.165) is 22.8 Å². The summed E-state index contributed by atoms with van der Waals surface area (Å²) >= 11 is 0. The predicted molar refractivity (Wildman–Crippen MR) is 79.5 cm³/mol. The van der Waals surface area contributed by atoms with E-state index in [-0.39, 0.29) is 6.04 Å². The van der Waals surface area contributed by atoms with E-state index in [1.165, 1.54) is 0 Å². The number of para-hydroxylation sites is 1. The second-order valence-electron chi connectivity index (χ2n) is 4.71. The number of hydrogen-bond acceptors (Lipinski definition) is 5. The van der Waals surface area contributed by atoms with Crippen LogP contribution in [0.3, 0.4) is 0 Å². The normalized spacial score (nSPS) is 12.3. The molecule has 0 bridgehead atoms. The largest absolute Gasteiger partial charge is 0.270 e. The fourth-order valence-corrected chi connectivity index (χ4v) is 2.26. The van der Waals surface area contributed by atoms with Crippen molar-refractivity contribution in [2.75, 3.05) is 0 Å². The van der Waals surface area contributed by atoms with Gasteiger partial charge in [0.25, 0.3) is 0 Å². The van der Waals surface area contributed by atoms with Crippen molar-refractivity contribution in [3.8, 4) is 5.69 Å². The van der Waals surface area contributed by atoms with Crippen LogP contribution >= 0.6 is 0 Å². The zero-order chi connectivity index (χ0) is 14.7. The average molecular weight is 280 g/mol. The minimum absolute atomic E-state index is 0.278. The van der Waals surface area contributed by atoms with E-state index in [0.29, 0.717) is 0 Å². The van der Waals surface area contributed by atoms with Crippen molar-refractivity contribution >= 4 is 0 Å². The Morgan fingerprint density at radius 3 is 2.62 bits per heavy atom. The summed E-state index contributed by atoms with van der Waals surface area (Å²) in [5.41, 5.74) is 6.33. The maximum absolute atomic E-state index is 5.73. The lowest BCUT2D eigenvalue weighted by molar-refractivity contribution is 0.581. The van der Waals surface area contributed by atoms with Crippen LogP contribution in [0.5, 0.6) is 0 Å². The summed E-state index contributed by atoms with van der Waals surface area (Å²) < 4.78 is 1.76. The van der Waals surface area contributed by atoms with Gasteiger partial charge in [-0.05, 0) is 31.2 Å². The number of hydrogen-bond donors (Lipinski definition) is 2. The van der Waals surface area contributed by atoms with Gasteiger partial charge in [-0.15, -0.1) is 5.10 Å². The van der Waals surface area contributed by atoms with E-state index < -0.39 is 0 Å². The topological polar surface area (TPSA) is 81.6 Å². The van der Waals surface area contributed by atoms with Gasteiger partial charge >= 0.3 is 0 Å². The number of nitrogens with one attached hydrogen (secondary N) is 1. The Kier molecular flexibility index (Phi) is 3.72. The van der Waals surface area contributed by atoms with Crippen LogP contribution in [0.25, 0.3) is 5.69 Å². The maximum atomic E-state index is 5.73. The highest BCUT2D eigenvalue weighted by Crippen LogP contribution is 2.21. The van der Waals surface area contributed by atoms with Gasteiger partial charge in [0.05, 0.1) is 23.3 Å². The minimum Gasteiger partial charge on any atom is -0.270 e. The van der Waals surface area contributed by atoms with Crippen LogP contribution in [0.1, 0.15) is 23.1 Å². The molecule has 0 aliphatic rings. The first-order chi connectivity index (χ1) is 10.3. The lowest BCUT2D eigenvalue weighted by atomic mass is 10.1. The Labute approximate surface area is 122 Å². The van der Waals surface area contributed by atoms with Crippen LogP contribution in [-0.2, 0) is 0 Å². The molecule has 2 aromatic heterocycles.